The fourth-order valence-corrected chi connectivity index (χ4v) is 2.72. The third-order valence-corrected chi connectivity index (χ3v) is 3.90. The maximum absolute atomic E-state index is 4.11. The van der Waals surface area contributed by atoms with Crippen LogP contribution in [0.5, 0.6) is 0 Å². The van der Waals surface area contributed by atoms with Crippen LogP contribution in [0, 0.1) is 5.92 Å². The van der Waals surface area contributed by atoms with E-state index in [1.165, 1.54) is 25.7 Å². The number of rotatable bonds is 3. The Morgan fingerprint density at radius 1 is 1.16 bits per heavy atom. The molecule has 1 aliphatic carbocycles. The Kier molecular flexibility index (Phi) is 3.44. The maximum atomic E-state index is 4.11. The van der Waals surface area contributed by atoms with Crippen molar-refractivity contribution in [2.24, 2.45) is 5.92 Å². The zero-order chi connectivity index (χ0) is 13.1. The summed E-state index contributed by atoms with van der Waals surface area (Å²) in [5, 5.41) is 15.5. The van der Waals surface area contributed by atoms with Crippen LogP contribution in [0.15, 0.2) is 30.3 Å². The van der Waals surface area contributed by atoms with Crippen molar-refractivity contribution in [1.29, 1.82) is 0 Å². The summed E-state index contributed by atoms with van der Waals surface area (Å²) >= 11 is 0. The zero-order valence-electron chi connectivity index (χ0n) is 11.2. The first-order valence-corrected chi connectivity index (χ1v) is 6.95. The Balaban J connectivity index is 1.81. The van der Waals surface area contributed by atoms with Crippen LogP contribution < -0.4 is 5.32 Å². The molecule has 1 heterocycles. The summed E-state index contributed by atoms with van der Waals surface area (Å²) < 4.78 is 1.77. The fraction of sp³-hybridized carbons (Fsp3) is 0.500. The summed E-state index contributed by atoms with van der Waals surface area (Å²) in [6, 6.07) is 10.5. The van der Waals surface area contributed by atoms with Crippen molar-refractivity contribution in [2.75, 3.05) is 5.32 Å². The SMILES string of the molecule is CC1CCCCC1Nc1nnnn1-c1ccccc1. The second-order valence-electron chi connectivity index (χ2n) is 5.26. The Labute approximate surface area is 113 Å². The standard InChI is InChI=1S/C14H19N5/c1-11-7-5-6-10-13(11)15-14-16-17-18-19(14)12-8-3-2-4-9-12/h2-4,8-9,11,13H,5-7,10H2,1H3,(H,15,16,18). The van der Waals surface area contributed by atoms with E-state index in [1.807, 2.05) is 30.3 Å². The van der Waals surface area contributed by atoms with Crippen LogP contribution in [-0.2, 0) is 0 Å². The molecular weight excluding hydrogens is 238 g/mol. The summed E-state index contributed by atoms with van der Waals surface area (Å²) in [5.74, 6) is 1.42. The fourth-order valence-electron chi connectivity index (χ4n) is 2.72. The van der Waals surface area contributed by atoms with Crippen LogP contribution in [0.3, 0.4) is 0 Å². The summed E-state index contributed by atoms with van der Waals surface area (Å²) in [6.45, 7) is 2.30. The van der Waals surface area contributed by atoms with Crippen LogP contribution in [0.2, 0.25) is 0 Å². The lowest BCUT2D eigenvalue weighted by molar-refractivity contribution is 0.348. The number of hydrogen-bond acceptors (Lipinski definition) is 4. The van der Waals surface area contributed by atoms with Gasteiger partial charge in [0.15, 0.2) is 0 Å². The topological polar surface area (TPSA) is 55.6 Å². The number of para-hydroxylation sites is 1. The van der Waals surface area contributed by atoms with Gasteiger partial charge in [-0.25, -0.2) is 0 Å². The molecule has 0 bridgehead atoms. The van der Waals surface area contributed by atoms with Crippen LogP contribution in [0.25, 0.3) is 5.69 Å². The molecule has 0 amide bonds. The number of tetrazole rings is 1. The van der Waals surface area contributed by atoms with Crippen molar-refractivity contribution >= 4 is 5.95 Å². The number of nitrogens with one attached hydrogen (secondary N) is 1. The van der Waals surface area contributed by atoms with Gasteiger partial charge in [-0.3, -0.25) is 0 Å². The third-order valence-electron chi connectivity index (χ3n) is 3.90. The molecular formula is C14H19N5. The van der Waals surface area contributed by atoms with E-state index in [9.17, 15) is 0 Å². The quantitative estimate of drug-likeness (QED) is 0.918. The van der Waals surface area contributed by atoms with Crippen molar-refractivity contribution in [3.05, 3.63) is 30.3 Å². The van der Waals surface area contributed by atoms with E-state index in [1.54, 1.807) is 4.68 Å². The van der Waals surface area contributed by atoms with Crippen LogP contribution in [0.4, 0.5) is 5.95 Å². The summed E-state index contributed by atoms with van der Waals surface area (Å²) in [4.78, 5) is 0. The van der Waals surface area contributed by atoms with Gasteiger partial charge >= 0.3 is 0 Å². The molecule has 5 heteroatoms. The Morgan fingerprint density at radius 3 is 2.74 bits per heavy atom. The maximum Gasteiger partial charge on any atom is 0.247 e. The summed E-state index contributed by atoms with van der Waals surface area (Å²) in [7, 11) is 0. The molecule has 5 nitrogen and oxygen atoms in total. The molecule has 0 spiro atoms. The van der Waals surface area contributed by atoms with Gasteiger partial charge < -0.3 is 5.32 Å². The van der Waals surface area contributed by atoms with E-state index in [-0.39, 0.29) is 0 Å². The van der Waals surface area contributed by atoms with Gasteiger partial charge in [-0.2, -0.15) is 4.68 Å². The lowest BCUT2D eigenvalue weighted by Crippen LogP contribution is -2.31. The highest BCUT2D eigenvalue weighted by atomic mass is 15.6. The normalized spacial score (nSPS) is 23.2. The molecule has 2 unspecified atom stereocenters. The van der Waals surface area contributed by atoms with Crippen LogP contribution >= 0.6 is 0 Å². The number of anilines is 1. The second kappa shape index (κ2) is 5.38. The minimum atomic E-state index is 0.474. The van der Waals surface area contributed by atoms with Crippen molar-refractivity contribution in [3.8, 4) is 5.69 Å². The summed E-state index contributed by atoms with van der Waals surface area (Å²) in [5.41, 5.74) is 0.985. The summed E-state index contributed by atoms with van der Waals surface area (Å²) in [6.07, 6.45) is 5.10. The van der Waals surface area contributed by atoms with Gasteiger partial charge in [0.05, 0.1) is 5.69 Å². The molecule has 1 N–H and O–H groups in total. The van der Waals surface area contributed by atoms with Gasteiger partial charge in [-0.1, -0.05) is 43.1 Å². The first-order valence-electron chi connectivity index (χ1n) is 6.95. The molecule has 2 atom stereocenters. The molecule has 0 radical (unpaired) electrons. The van der Waals surface area contributed by atoms with Gasteiger partial charge in [0.25, 0.3) is 0 Å². The van der Waals surface area contributed by atoms with Crippen molar-refractivity contribution < 1.29 is 0 Å². The highest BCUT2D eigenvalue weighted by molar-refractivity contribution is 5.39. The molecule has 1 fully saturated rings. The molecule has 100 valence electrons. The van der Waals surface area contributed by atoms with Gasteiger partial charge in [0.1, 0.15) is 0 Å². The molecule has 0 saturated heterocycles. The van der Waals surface area contributed by atoms with E-state index < -0.39 is 0 Å². The lowest BCUT2D eigenvalue weighted by Gasteiger charge is -2.29. The van der Waals surface area contributed by atoms with Gasteiger partial charge in [0.2, 0.25) is 5.95 Å². The first-order chi connectivity index (χ1) is 9.34. The van der Waals surface area contributed by atoms with E-state index in [4.69, 9.17) is 0 Å². The van der Waals surface area contributed by atoms with Gasteiger partial charge in [-0.05, 0) is 41.3 Å². The Bertz CT molecular complexity index is 522. The second-order valence-corrected chi connectivity index (χ2v) is 5.26. The smallest absolute Gasteiger partial charge is 0.247 e. The number of aromatic nitrogens is 4. The molecule has 3 rings (SSSR count). The predicted molar refractivity (Wildman–Crippen MR) is 74.2 cm³/mol. The van der Waals surface area contributed by atoms with Crippen LogP contribution in [0.1, 0.15) is 32.6 Å². The lowest BCUT2D eigenvalue weighted by atomic mass is 9.86. The highest BCUT2D eigenvalue weighted by Crippen LogP contribution is 2.26. The molecule has 1 aromatic heterocycles. The zero-order valence-corrected chi connectivity index (χ0v) is 11.2. The van der Waals surface area contributed by atoms with Gasteiger partial charge in [0, 0.05) is 6.04 Å². The minimum Gasteiger partial charge on any atom is -0.350 e. The van der Waals surface area contributed by atoms with Crippen molar-refractivity contribution in [2.45, 2.75) is 38.6 Å². The van der Waals surface area contributed by atoms with Crippen molar-refractivity contribution in [3.63, 3.8) is 0 Å². The average molecular weight is 257 g/mol. The van der Waals surface area contributed by atoms with Gasteiger partial charge in [-0.15, -0.1) is 0 Å². The molecule has 19 heavy (non-hydrogen) atoms. The molecule has 0 aliphatic heterocycles. The van der Waals surface area contributed by atoms with Crippen LogP contribution in [-0.4, -0.2) is 26.2 Å². The number of benzene rings is 1. The highest BCUT2D eigenvalue weighted by Gasteiger charge is 2.23. The largest absolute Gasteiger partial charge is 0.350 e. The Morgan fingerprint density at radius 2 is 1.95 bits per heavy atom. The number of hydrogen-bond donors (Lipinski definition) is 1. The molecule has 1 saturated carbocycles. The van der Waals surface area contributed by atoms with Crippen molar-refractivity contribution in [1.82, 2.24) is 20.2 Å². The Hall–Kier alpha value is -1.91. The molecule has 1 aliphatic rings. The minimum absolute atomic E-state index is 0.474. The average Bonchev–Trinajstić information content (AvgIpc) is 2.91. The van der Waals surface area contributed by atoms with E-state index in [0.717, 1.165) is 11.6 Å². The van der Waals surface area contributed by atoms with E-state index >= 15 is 0 Å². The predicted octanol–water partition coefficient (Wildman–Crippen LogP) is 2.65. The first kappa shape index (κ1) is 12.1. The molecule has 2 aromatic rings. The molecule has 1 aromatic carbocycles. The van der Waals surface area contributed by atoms with E-state index in [2.05, 4.69) is 27.8 Å². The monoisotopic (exact) mass is 257 g/mol. The number of nitrogens with zero attached hydrogens (tertiary/aromatic N) is 4. The van der Waals surface area contributed by atoms with E-state index in [0.29, 0.717) is 12.0 Å². The third kappa shape index (κ3) is 2.59.